The Balaban J connectivity index is 2.29. The standard InChI is InChI=1S/C15H17N3O3S/c1-9-13(15(20)21)8-16-18(9)12-6-4-5-11(7-12)17-14(19)10(2)22-3/h4-8,10H,1-3H3,(H,17,19)(H,20,21). The largest absolute Gasteiger partial charge is 0.478 e. The molecule has 1 amide bonds. The molecule has 1 unspecified atom stereocenters. The van der Waals surface area contributed by atoms with Crippen molar-refractivity contribution in [2.75, 3.05) is 11.6 Å². The number of nitrogens with one attached hydrogen (secondary N) is 1. The van der Waals surface area contributed by atoms with Crippen LogP contribution in [-0.2, 0) is 4.79 Å². The summed E-state index contributed by atoms with van der Waals surface area (Å²) in [6.07, 6.45) is 3.19. The second-order valence-corrected chi connectivity index (χ2v) is 5.96. The lowest BCUT2D eigenvalue weighted by Gasteiger charge is -2.11. The maximum absolute atomic E-state index is 11.9. The maximum atomic E-state index is 11.9. The second kappa shape index (κ2) is 6.65. The summed E-state index contributed by atoms with van der Waals surface area (Å²) in [5.41, 5.74) is 2.04. The third-order valence-electron chi connectivity index (χ3n) is 3.32. The number of amides is 1. The fourth-order valence-electron chi connectivity index (χ4n) is 1.95. The van der Waals surface area contributed by atoms with Gasteiger partial charge in [-0.25, -0.2) is 9.48 Å². The lowest BCUT2D eigenvalue weighted by Crippen LogP contribution is -2.22. The van der Waals surface area contributed by atoms with Crippen LogP contribution >= 0.6 is 11.8 Å². The lowest BCUT2D eigenvalue weighted by molar-refractivity contribution is -0.115. The van der Waals surface area contributed by atoms with Gasteiger partial charge in [-0.15, -0.1) is 0 Å². The Kier molecular flexibility index (Phi) is 4.87. The molecule has 0 bridgehead atoms. The van der Waals surface area contributed by atoms with Crippen LogP contribution in [0.25, 0.3) is 5.69 Å². The van der Waals surface area contributed by atoms with Crippen molar-refractivity contribution in [1.29, 1.82) is 0 Å². The molecule has 7 heteroatoms. The van der Waals surface area contributed by atoms with E-state index in [4.69, 9.17) is 5.11 Å². The van der Waals surface area contributed by atoms with Gasteiger partial charge in [-0.1, -0.05) is 6.07 Å². The zero-order chi connectivity index (χ0) is 16.3. The third kappa shape index (κ3) is 3.30. The Morgan fingerprint density at radius 2 is 2.14 bits per heavy atom. The van der Waals surface area contributed by atoms with E-state index in [1.165, 1.54) is 22.6 Å². The van der Waals surface area contributed by atoms with Crippen LogP contribution in [0.1, 0.15) is 23.0 Å². The topological polar surface area (TPSA) is 84.2 Å². The first kappa shape index (κ1) is 16.1. The molecule has 1 heterocycles. The maximum Gasteiger partial charge on any atom is 0.339 e. The molecule has 2 rings (SSSR count). The summed E-state index contributed by atoms with van der Waals surface area (Å²) in [6, 6.07) is 7.14. The van der Waals surface area contributed by atoms with Crippen LogP contribution in [0.2, 0.25) is 0 Å². The number of aromatic nitrogens is 2. The summed E-state index contributed by atoms with van der Waals surface area (Å²) in [7, 11) is 0. The number of benzene rings is 1. The number of carbonyl (C=O) groups is 2. The summed E-state index contributed by atoms with van der Waals surface area (Å²) in [5, 5.41) is 15.9. The quantitative estimate of drug-likeness (QED) is 0.885. The van der Waals surface area contributed by atoms with Gasteiger partial charge in [0.15, 0.2) is 0 Å². The van der Waals surface area contributed by atoms with E-state index in [2.05, 4.69) is 10.4 Å². The number of thioether (sulfide) groups is 1. The molecule has 2 N–H and O–H groups in total. The van der Waals surface area contributed by atoms with Crippen LogP contribution < -0.4 is 5.32 Å². The normalized spacial score (nSPS) is 12.0. The molecule has 0 spiro atoms. The molecule has 116 valence electrons. The highest BCUT2D eigenvalue weighted by molar-refractivity contribution is 7.99. The van der Waals surface area contributed by atoms with Crippen LogP contribution in [0.3, 0.4) is 0 Å². The average molecular weight is 319 g/mol. The molecular weight excluding hydrogens is 302 g/mol. The van der Waals surface area contributed by atoms with Crippen molar-refractivity contribution in [3.63, 3.8) is 0 Å². The van der Waals surface area contributed by atoms with Crippen LogP contribution in [0, 0.1) is 6.92 Å². The van der Waals surface area contributed by atoms with Crippen molar-refractivity contribution in [3.8, 4) is 5.69 Å². The minimum atomic E-state index is -1.01. The number of aromatic carboxylic acids is 1. The lowest BCUT2D eigenvalue weighted by atomic mass is 10.2. The molecule has 0 radical (unpaired) electrons. The van der Waals surface area contributed by atoms with Crippen LogP contribution in [0.4, 0.5) is 5.69 Å². The van der Waals surface area contributed by atoms with Crippen molar-refractivity contribution >= 4 is 29.3 Å². The Morgan fingerprint density at radius 1 is 1.41 bits per heavy atom. The first-order chi connectivity index (χ1) is 10.4. The molecule has 0 saturated heterocycles. The SMILES string of the molecule is CSC(C)C(=O)Nc1cccc(-n2ncc(C(=O)O)c2C)c1. The highest BCUT2D eigenvalue weighted by Gasteiger charge is 2.15. The molecule has 0 fully saturated rings. The van der Waals surface area contributed by atoms with Gasteiger partial charge >= 0.3 is 5.97 Å². The highest BCUT2D eigenvalue weighted by atomic mass is 32.2. The zero-order valence-electron chi connectivity index (χ0n) is 12.5. The molecule has 1 atom stereocenters. The van der Waals surface area contributed by atoms with Gasteiger partial charge in [0.2, 0.25) is 5.91 Å². The summed E-state index contributed by atoms with van der Waals surface area (Å²) >= 11 is 1.47. The van der Waals surface area contributed by atoms with E-state index in [1.807, 2.05) is 13.2 Å². The molecule has 0 saturated carbocycles. The van der Waals surface area contributed by atoms with Crippen molar-refractivity contribution < 1.29 is 14.7 Å². The summed E-state index contributed by atoms with van der Waals surface area (Å²) in [4.78, 5) is 23.0. The molecule has 22 heavy (non-hydrogen) atoms. The predicted octanol–water partition coefficient (Wildman–Crippen LogP) is 2.57. The molecule has 0 aliphatic rings. The van der Waals surface area contributed by atoms with Gasteiger partial charge in [-0.3, -0.25) is 4.79 Å². The van der Waals surface area contributed by atoms with E-state index in [0.717, 1.165) is 0 Å². The third-order valence-corrected chi connectivity index (χ3v) is 4.24. The summed E-state index contributed by atoms with van der Waals surface area (Å²) in [6.45, 7) is 3.53. The van der Waals surface area contributed by atoms with Crippen molar-refractivity contribution in [2.24, 2.45) is 0 Å². The summed E-state index contributed by atoms with van der Waals surface area (Å²) < 4.78 is 1.54. The number of hydrogen-bond donors (Lipinski definition) is 2. The fraction of sp³-hybridized carbons (Fsp3) is 0.267. The van der Waals surface area contributed by atoms with Gasteiger partial charge in [0.05, 0.1) is 22.8 Å². The number of carbonyl (C=O) groups excluding carboxylic acids is 1. The number of carboxylic acids is 1. The van der Waals surface area contributed by atoms with E-state index in [1.54, 1.807) is 31.2 Å². The Hall–Kier alpha value is -2.28. The molecule has 1 aromatic heterocycles. The minimum Gasteiger partial charge on any atom is -0.478 e. The number of carboxylic acid groups (broad SMARTS) is 1. The zero-order valence-corrected chi connectivity index (χ0v) is 13.3. The smallest absolute Gasteiger partial charge is 0.339 e. The average Bonchev–Trinajstić information content (AvgIpc) is 2.88. The number of nitrogens with zero attached hydrogens (tertiary/aromatic N) is 2. The Bertz CT molecular complexity index is 712. The summed E-state index contributed by atoms with van der Waals surface area (Å²) in [5.74, 6) is -1.09. The molecule has 2 aromatic rings. The van der Waals surface area contributed by atoms with Gasteiger partial charge in [0.25, 0.3) is 0 Å². The van der Waals surface area contributed by atoms with Crippen LogP contribution in [-0.4, -0.2) is 38.3 Å². The minimum absolute atomic E-state index is 0.0759. The van der Waals surface area contributed by atoms with Gasteiger partial charge in [0, 0.05) is 5.69 Å². The Morgan fingerprint density at radius 3 is 2.73 bits per heavy atom. The van der Waals surface area contributed by atoms with Crippen molar-refractivity contribution in [3.05, 3.63) is 41.7 Å². The number of anilines is 1. The van der Waals surface area contributed by atoms with Crippen LogP contribution in [0.5, 0.6) is 0 Å². The van der Waals surface area contributed by atoms with E-state index in [-0.39, 0.29) is 16.7 Å². The molecule has 6 nitrogen and oxygen atoms in total. The van der Waals surface area contributed by atoms with Gasteiger partial charge in [-0.2, -0.15) is 16.9 Å². The van der Waals surface area contributed by atoms with Gasteiger partial charge in [-0.05, 0) is 38.3 Å². The van der Waals surface area contributed by atoms with E-state index in [0.29, 0.717) is 17.1 Å². The molecular formula is C15H17N3O3S. The van der Waals surface area contributed by atoms with E-state index >= 15 is 0 Å². The Labute approximate surface area is 132 Å². The number of rotatable bonds is 5. The first-order valence-electron chi connectivity index (χ1n) is 6.66. The molecule has 0 aliphatic carbocycles. The highest BCUT2D eigenvalue weighted by Crippen LogP contribution is 2.19. The number of hydrogen-bond acceptors (Lipinski definition) is 4. The molecule has 0 aliphatic heterocycles. The van der Waals surface area contributed by atoms with Gasteiger partial charge < -0.3 is 10.4 Å². The second-order valence-electron chi connectivity index (χ2n) is 4.78. The van der Waals surface area contributed by atoms with Gasteiger partial charge in [0.1, 0.15) is 5.56 Å². The first-order valence-corrected chi connectivity index (χ1v) is 7.95. The van der Waals surface area contributed by atoms with E-state index in [9.17, 15) is 9.59 Å². The predicted molar refractivity (Wildman–Crippen MR) is 86.9 cm³/mol. The van der Waals surface area contributed by atoms with Crippen LogP contribution in [0.15, 0.2) is 30.5 Å². The van der Waals surface area contributed by atoms with E-state index < -0.39 is 5.97 Å². The monoisotopic (exact) mass is 319 g/mol. The van der Waals surface area contributed by atoms with Crippen molar-refractivity contribution in [1.82, 2.24) is 9.78 Å². The fourth-order valence-corrected chi connectivity index (χ4v) is 2.22. The molecule has 1 aromatic carbocycles. The van der Waals surface area contributed by atoms with Crippen molar-refractivity contribution in [2.45, 2.75) is 19.1 Å².